The zero-order valence-electron chi connectivity index (χ0n) is 10.3. The average Bonchev–Trinajstić information content (AvgIpc) is 3.10. The number of hydrogen-bond acceptors (Lipinski definition) is 3. The van der Waals surface area contributed by atoms with Gasteiger partial charge in [-0.1, -0.05) is 12.2 Å². The van der Waals surface area contributed by atoms with Crippen LogP contribution >= 0.6 is 0 Å². The van der Waals surface area contributed by atoms with Gasteiger partial charge in [-0.05, 0) is 48.9 Å². The lowest BCUT2D eigenvalue weighted by molar-refractivity contribution is 0.372. The number of rotatable bonds is 4. The lowest BCUT2D eigenvalue weighted by atomic mass is 10.00. The van der Waals surface area contributed by atoms with Gasteiger partial charge in [-0.25, -0.2) is 0 Å². The van der Waals surface area contributed by atoms with E-state index >= 15 is 0 Å². The zero-order chi connectivity index (χ0) is 12.4. The van der Waals surface area contributed by atoms with Gasteiger partial charge in [0, 0.05) is 6.04 Å². The lowest BCUT2D eigenvalue weighted by Crippen LogP contribution is -2.07. The van der Waals surface area contributed by atoms with Crippen molar-refractivity contribution in [3.05, 3.63) is 29.3 Å². The Bertz CT molecular complexity index is 434. The highest BCUT2D eigenvalue weighted by Crippen LogP contribution is 2.35. The molecule has 3 nitrogen and oxygen atoms in total. The summed E-state index contributed by atoms with van der Waals surface area (Å²) in [5, 5.41) is 9.75. The number of hydrogen-bond donors (Lipinski definition) is 2. The predicted octanol–water partition coefficient (Wildman–Crippen LogP) is 2.84. The van der Waals surface area contributed by atoms with Crippen LogP contribution in [0.15, 0.2) is 18.2 Å². The molecule has 0 spiro atoms. The average molecular weight is 233 g/mol. The molecule has 1 atom stereocenters. The molecule has 0 aliphatic heterocycles. The van der Waals surface area contributed by atoms with Crippen LogP contribution in [-0.4, -0.2) is 12.2 Å². The molecule has 0 bridgehead atoms. The molecule has 1 aromatic carbocycles. The molecule has 0 aromatic heterocycles. The van der Waals surface area contributed by atoms with Crippen LogP contribution in [-0.2, 0) is 0 Å². The van der Waals surface area contributed by atoms with Crippen molar-refractivity contribution in [2.45, 2.75) is 25.8 Å². The fourth-order valence-electron chi connectivity index (χ4n) is 1.83. The van der Waals surface area contributed by atoms with Gasteiger partial charge in [0.15, 0.2) is 11.5 Å². The molecule has 17 heavy (non-hydrogen) atoms. The van der Waals surface area contributed by atoms with Crippen LogP contribution in [0, 0.1) is 5.92 Å². The molecule has 3 heteroatoms. The molecule has 0 amide bonds. The maximum Gasteiger partial charge on any atom is 0.161 e. The summed E-state index contributed by atoms with van der Waals surface area (Å²) in [6.45, 7) is 1.91. The van der Waals surface area contributed by atoms with E-state index in [1.54, 1.807) is 13.2 Å². The van der Waals surface area contributed by atoms with Gasteiger partial charge in [-0.2, -0.15) is 0 Å². The van der Waals surface area contributed by atoms with Crippen molar-refractivity contribution in [3.8, 4) is 11.5 Å². The smallest absolute Gasteiger partial charge is 0.161 e. The van der Waals surface area contributed by atoms with Crippen LogP contribution in [0.2, 0.25) is 0 Å². The molecule has 0 saturated heterocycles. The summed E-state index contributed by atoms with van der Waals surface area (Å²) < 4.78 is 5.12. The predicted molar refractivity (Wildman–Crippen MR) is 69.0 cm³/mol. The van der Waals surface area contributed by atoms with Crippen LogP contribution in [0.1, 0.15) is 36.9 Å². The number of aromatic hydroxyl groups is 1. The monoisotopic (exact) mass is 233 g/mol. The third kappa shape index (κ3) is 2.80. The Kier molecular flexibility index (Phi) is 3.38. The Hall–Kier alpha value is -1.48. The lowest BCUT2D eigenvalue weighted by Gasteiger charge is -2.13. The summed E-state index contributed by atoms with van der Waals surface area (Å²) in [6.07, 6.45) is 6.84. The summed E-state index contributed by atoms with van der Waals surface area (Å²) in [5.41, 5.74) is 7.88. The Morgan fingerprint density at radius 1 is 1.47 bits per heavy atom. The second kappa shape index (κ2) is 4.80. The molecule has 0 radical (unpaired) electrons. The molecule has 2 rings (SSSR count). The van der Waals surface area contributed by atoms with E-state index in [4.69, 9.17) is 10.5 Å². The summed E-state index contributed by atoms with van der Waals surface area (Å²) in [6, 6.07) is 3.42. The van der Waals surface area contributed by atoms with Gasteiger partial charge in [0.1, 0.15) is 0 Å². The van der Waals surface area contributed by atoms with Crippen LogP contribution in [0.5, 0.6) is 11.5 Å². The minimum absolute atomic E-state index is 0.106. The van der Waals surface area contributed by atoms with Gasteiger partial charge in [0.2, 0.25) is 0 Å². The fraction of sp³-hybridized carbons (Fsp3) is 0.429. The van der Waals surface area contributed by atoms with E-state index < -0.39 is 0 Å². The highest BCUT2D eigenvalue weighted by Gasteiger charge is 2.18. The topological polar surface area (TPSA) is 55.5 Å². The van der Waals surface area contributed by atoms with Gasteiger partial charge < -0.3 is 15.6 Å². The van der Waals surface area contributed by atoms with E-state index in [0.29, 0.717) is 5.75 Å². The van der Waals surface area contributed by atoms with Gasteiger partial charge >= 0.3 is 0 Å². The number of allylic oxidation sites excluding steroid dienone is 1. The number of benzene rings is 1. The molecule has 0 heterocycles. The third-order valence-corrected chi connectivity index (χ3v) is 3.05. The first-order chi connectivity index (χ1) is 8.11. The number of phenolic OH excluding ortho intramolecular Hbond substituents is 1. The number of nitrogens with two attached hydrogens (primary N) is 1. The number of methoxy groups -OCH3 is 1. The largest absolute Gasteiger partial charge is 0.504 e. The summed E-state index contributed by atoms with van der Waals surface area (Å²) >= 11 is 0. The van der Waals surface area contributed by atoms with Crippen molar-refractivity contribution in [3.63, 3.8) is 0 Å². The van der Waals surface area contributed by atoms with Crippen LogP contribution in [0.25, 0.3) is 6.08 Å². The van der Waals surface area contributed by atoms with E-state index in [2.05, 4.69) is 12.2 Å². The van der Waals surface area contributed by atoms with E-state index in [9.17, 15) is 5.11 Å². The Morgan fingerprint density at radius 2 is 2.18 bits per heavy atom. The highest BCUT2D eigenvalue weighted by atomic mass is 16.5. The first kappa shape index (κ1) is 12.0. The Balaban J connectivity index is 2.37. The fourth-order valence-corrected chi connectivity index (χ4v) is 1.83. The van der Waals surface area contributed by atoms with Crippen molar-refractivity contribution in [1.29, 1.82) is 0 Å². The molecule has 1 aromatic rings. The first-order valence-electron chi connectivity index (χ1n) is 5.96. The maximum absolute atomic E-state index is 9.75. The summed E-state index contributed by atoms with van der Waals surface area (Å²) in [4.78, 5) is 0. The second-order valence-electron chi connectivity index (χ2n) is 4.64. The molecule has 1 aliphatic rings. The third-order valence-electron chi connectivity index (χ3n) is 3.05. The quantitative estimate of drug-likeness (QED) is 0.840. The van der Waals surface area contributed by atoms with Crippen LogP contribution < -0.4 is 10.5 Å². The molecular weight excluding hydrogens is 214 g/mol. The maximum atomic E-state index is 9.75. The van der Waals surface area contributed by atoms with Crippen molar-refractivity contribution >= 4 is 6.08 Å². The summed E-state index contributed by atoms with van der Waals surface area (Å²) in [7, 11) is 1.55. The van der Waals surface area contributed by atoms with Gasteiger partial charge in [0.25, 0.3) is 0 Å². The van der Waals surface area contributed by atoms with E-state index in [-0.39, 0.29) is 11.8 Å². The van der Waals surface area contributed by atoms with Gasteiger partial charge in [-0.15, -0.1) is 0 Å². The number of phenols is 1. The normalized spacial score (nSPS) is 17.4. The molecule has 92 valence electrons. The molecule has 3 N–H and O–H groups in total. The van der Waals surface area contributed by atoms with Crippen LogP contribution in [0.4, 0.5) is 0 Å². The van der Waals surface area contributed by atoms with Crippen LogP contribution in [0.3, 0.4) is 0 Å². The summed E-state index contributed by atoms with van der Waals surface area (Å²) in [5.74, 6) is 1.35. The first-order valence-corrected chi connectivity index (χ1v) is 5.96. The number of ether oxygens (including phenoxy) is 1. The minimum Gasteiger partial charge on any atom is -0.504 e. The standard InChI is InChI=1S/C14H19NO2/c1-9(15)12-8-13(16)14(17-2)7-11(12)6-5-10-3-4-10/h5-10,16H,3-4,15H2,1-2H3/b6-5+/t9-/m0/s1. The Labute approximate surface area is 102 Å². The second-order valence-corrected chi connectivity index (χ2v) is 4.64. The molecule has 1 saturated carbocycles. The molecule has 0 unspecified atom stereocenters. The zero-order valence-corrected chi connectivity index (χ0v) is 10.3. The van der Waals surface area contributed by atoms with Crippen molar-refractivity contribution < 1.29 is 9.84 Å². The van der Waals surface area contributed by atoms with Crippen molar-refractivity contribution in [2.24, 2.45) is 11.7 Å². The molecule has 1 fully saturated rings. The highest BCUT2D eigenvalue weighted by molar-refractivity contribution is 5.61. The van der Waals surface area contributed by atoms with Crippen molar-refractivity contribution in [1.82, 2.24) is 0 Å². The van der Waals surface area contributed by atoms with E-state index in [1.165, 1.54) is 12.8 Å². The van der Waals surface area contributed by atoms with Gasteiger partial charge in [0.05, 0.1) is 7.11 Å². The van der Waals surface area contributed by atoms with E-state index in [1.807, 2.05) is 13.0 Å². The Morgan fingerprint density at radius 3 is 2.71 bits per heavy atom. The van der Waals surface area contributed by atoms with Crippen molar-refractivity contribution in [2.75, 3.05) is 7.11 Å². The molecular formula is C14H19NO2. The van der Waals surface area contributed by atoms with E-state index in [0.717, 1.165) is 17.0 Å². The van der Waals surface area contributed by atoms with Gasteiger partial charge in [-0.3, -0.25) is 0 Å². The molecule has 1 aliphatic carbocycles. The minimum atomic E-state index is -0.106. The SMILES string of the molecule is COc1cc(/C=C/C2CC2)c([C@H](C)N)cc1O.